The molecular weight excluding hydrogens is 356 g/mol. The van der Waals surface area contributed by atoms with Crippen molar-refractivity contribution in [3.8, 4) is 0 Å². The van der Waals surface area contributed by atoms with Gasteiger partial charge < -0.3 is 0 Å². The second-order valence-electron chi connectivity index (χ2n) is 6.84. The van der Waals surface area contributed by atoms with Crippen LogP contribution in [0.1, 0.15) is 64.1 Å². The maximum atomic E-state index is 5.19. The molecule has 1 heterocycles. The summed E-state index contributed by atoms with van der Waals surface area (Å²) in [6, 6.07) is 10.9. The Kier molecular flexibility index (Phi) is 12.8. The van der Waals surface area contributed by atoms with Gasteiger partial charge in [-0.15, -0.1) is 12.3 Å². The third-order valence-corrected chi connectivity index (χ3v) is 5.46. The Hall–Kier alpha value is -2.08. The van der Waals surface area contributed by atoms with E-state index in [0.29, 0.717) is 5.92 Å². The van der Waals surface area contributed by atoms with Gasteiger partial charge in [-0.1, -0.05) is 61.4 Å². The molecule has 1 radical (unpaired) electrons. The van der Waals surface area contributed by atoms with Gasteiger partial charge >= 0.3 is 0 Å². The molecule has 1 aliphatic rings. The van der Waals surface area contributed by atoms with Gasteiger partial charge in [-0.2, -0.15) is 11.3 Å². The van der Waals surface area contributed by atoms with Gasteiger partial charge in [0.1, 0.15) is 0 Å². The van der Waals surface area contributed by atoms with Crippen molar-refractivity contribution in [2.75, 3.05) is 0 Å². The molecule has 0 nitrogen and oxygen atoms in total. The monoisotopic (exact) mass is 393 g/mol. The van der Waals surface area contributed by atoms with Crippen LogP contribution in [0.25, 0.3) is 0 Å². The second kappa shape index (κ2) is 14.9. The molecule has 3 rings (SSSR count). The third kappa shape index (κ3) is 9.74. The highest BCUT2D eigenvalue weighted by Crippen LogP contribution is 2.25. The normalized spacial score (nSPS) is 15.4. The maximum absolute atomic E-state index is 5.19. The van der Waals surface area contributed by atoms with Crippen molar-refractivity contribution in [1.82, 2.24) is 0 Å². The summed E-state index contributed by atoms with van der Waals surface area (Å²) in [5.41, 5.74) is 8.21. The van der Waals surface area contributed by atoms with E-state index in [0.717, 1.165) is 12.8 Å². The average Bonchev–Trinajstić information content (AvgIpc) is 3.13. The molecule has 1 aromatic carbocycles. The molecule has 1 aromatic heterocycles. The Morgan fingerprint density at radius 3 is 2.54 bits per heavy atom. The van der Waals surface area contributed by atoms with Crippen LogP contribution in [0.15, 0.2) is 77.2 Å². The topological polar surface area (TPSA) is 0 Å². The molecule has 151 valence electrons. The van der Waals surface area contributed by atoms with E-state index < -0.39 is 0 Å². The van der Waals surface area contributed by atoms with E-state index in [-0.39, 0.29) is 1.43 Å². The Morgan fingerprint density at radius 1 is 1.18 bits per heavy atom. The highest BCUT2D eigenvalue weighted by molar-refractivity contribution is 7.07. The van der Waals surface area contributed by atoms with Gasteiger partial charge in [0.25, 0.3) is 0 Å². The van der Waals surface area contributed by atoms with Gasteiger partial charge in [-0.05, 0) is 92.0 Å². The summed E-state index contributed by atoms with van der Waals surface area (Å²) in [4.78, 5) is 0. The lowest BCUT2D eigenvalue weighted by Gasteiger charge is -2.06. The van der Waals surface area contributed by atoms with Crippen LogP contribution in [-0.4, -0.2) is 0 Å². The van der Waals surface area contributed by atoms with E-state index in [1.54, 1.807) is 11.3 Å². The lowest BCUT2D eigenvalue weighted by molar-refractivity contribution is 0.565. The average molecular weight is 394 g/mol. The van der Waals surface area contributed by atoms with Crippen molar-refractivity contribution in [3.05, 3.63) is 100 Å². The van der Waals surface area contributed by atoms with Crippen LogP contribution < -0.4 is 0 Å². The second-order valence-corrected chi connectivity index (χ2v) is 7.62. The standard InChI is InChI=1S/C13H17.C12H12S.C2H6.H2/c1-3-5-7-13-9-6-8-12(4-2)10-11-13;1-10-2-4-11(5-3-10)8-12-6-7-13-9-12;1-2;/h1,4-5,9,12H,2,6-8,10-11H2;2-7,9H,8H2,1H3;1-2H3;1H. The van der Waals surface area contributed by atoms with E-state index in [1.807, 2.05) is 19.9 Å². The zero-order valence-corrected chi connectivity index (χ0v) is 18.6. The van der Waals surface area contributed by atoms with Crippen molar-refractivity contribution >= 4 is 11.3 Å². The highest BCUT2D eigenvalue weighted by atomic mass is 32.1. The number of hydrogen-bond acceptors (Lipinski definition) is 1. The van der Waals surface area contributed by atoms with Crippen molar-refractivity contribution in [2.24, 2.45) is 5.92 Å². The number of hydrogen-bond donors (Lipinski definition) is 0. The minimum atomic E-state index is 0. The van der Waals surface area contributed by atoms with Crippen molar-refractivity contribution in [1.29, 1.82) is 0 Å². The highest BCUT2D eigenvalue weighted by Gasteiger charge is 2.08. The van der Waals surface area contributed by atoms with Gasteiger partial charge in [0.05, 0.1) is 0 Å². The molecule has 1 heteroatoms. The quantitative estimate of drug-likeness (QED) is 0.352. The van der Waals surface area contributed by atoms with Crippen LogP contribution >= 0.6 is 11.3 Å². The first-order valence-corrected chi connectivity index (χ1v) is 11.3. The van der Waals surface area contributed by atoms with Crippen LogP contribution in [0.2, 0.25) is 0 Å². The predicted octanol–water partition coefficient (Wildman–Crippen LogP) is 8.74. The fraction of sp³-hybridized carbons (Fsp3) is 0.370. The number of benzene rings is 1. The fourth-order valence-electron chi connectivity index (χ4n) is 3.06. The molecule has 0 N–H and O–H groups in total. The third-order valence-electron chi connectivity index (χ3n) is 4.73. The Morgan fingerprint density at radius 2 is 1.93 bits per heavy atom. The molecule has 0 aliphatic heterocycles. The van der Waals surface area contributed by atoms with E-state index in [4.69, 9.17) is 6.58 Å². The molecule has 0 saturated carbocycles. The van der Waals surface area contributed by atoms with E-state index in [9.17, 15) is 0 Å². The zero-order chi connectivity index (χ0) is 20.6. The molecule has 0 amide bonds. The van der Waals surface area contributed by atoms with Gasteiger partial charge in [-0.3, -0.25) is 0 Å². The molecule has 0 bridgehead atoms. The summed E-state index contributed by atoms with van der Waals surface area (Å²) < 4.78 is 0. The van der Waals surface area contributed by atoms with Crippen LogP contribution in [0, 0.1) is 19.4 Å². The molecule has 2 aromatic rings. The van der Waals surface area contributed by atoms with Gasteiger partial charge in [0.15, 0.2) is 0 Å². The summed E-state index contributed by atoms with van der Waals surface area (Å²) in [5, 5.41) is 4.34. The number of thiophene rings is 1. The lowest BCUT2D eigenvalue weighted by Crippen LogP contribution is -1.92. The number of aryl methyl sites for hydroxylation is 1. The van der Waals surface area contributed by atoms with Gasteiger partial charge in [-0.25, -0.2) is 0 Å². The van der Waals surface area contributed by atoms with Crippen LogP contribution in [0.4, 0.5) is 0 Å². The smallest absolute Gasteiger partial charge is 0 e. The minimum Gasteiger partial charge on any atom is -0.152 e. The first kappa shape index (κ1) is 24.0. The molecule has 1 unspecified atom stereocenters. The van der Waals surface area contributed by atoms with E-state index >= 15 is 0 Å². The molecule has 0 saturated heterocycles. The molecule has 1 aliphatic carbocycles. The maximum Gasteiger partial charge on any atom is 0 e. The number of rotatable bonds is 5. The van der Waals surface area contributed by atoms with Gasteiger partial charge in [0, 0.05) is 1.43 Å². The summed E-state index contributed by atoms with van der Waals surface area (Å²) in [7, 11) is 0. The SMILES string of the molecule is CC.Cc1ccc(Cc2ccsc2)cc1.[CH]=C=CCC1=CCCC(C=C)CC1.[HH]. The van der Waals surface area contributed by atoms with Crippen LogP contribution in [0.3, 0.4) is 0 Å². The Balaban J connectivity index is 0.000000483. The van der Waals surface area contributed by atoms with Crippen LogP contribution in [-0.2, 0) is 6.42 Å². The largest absolute Gasteiger partial charge is 0.152 e. The van der Waals surface area contributed by atoms with Crippen molar-refractivity contribution in [3.63, 3.8) is 0 Å². The summed E-state index contributed by atoms with van der Waals surface area (Å²) >= 11 is 1.76. The molecular formula is C27H37S. The Labute approximate surface area is 178 Å². The van der Waals surface area contributed by atoms with Crippen molar-refractivity contribution < 1.29 is 1.43 Å². The fourth-order valence-corrected chi connectivity index (χ4v) is 3.73. The Bertz CT molecular complexity index is 731. The molecule has 28 heavy (non-hydrogen) atoms. The van der Waals surface area contributed by atoms with E-state index in [2.05, 4.69) is 72.5 Å². The van der Waals surface area contributed by atoms with Crippen LogP contribution in [0.5, 0.6) is 0 Å². The summed E-state index contributed by atoms with van der Waals surface area (Å²) in [6.45, 7) is 15.2. The molecule has 0 spiro atoms. The van der Waals surface area contributed by atoms with Crippen molar-refractivity contribution in [2.45, 2.75) is 59.3 Å². The first-order chi connectivity index (χ1) is 13.7. The number of allylic oxidation sites excluding steroid dienone is 4. The molecule has 0 fully saturated rings. The first-order valence-electron chi connectivity index (χ1n) is 10.4. The summed E-state index contributed by atoms with van der Waals surface area (Å²) in [5.74, 6) is 0.708. The summed E-state index contributed by atoms with van der Waals surface area (Å²) in [6.07, 6.45) is 13.2. The predicted molar refractivity (Wildman–Crippen MR) is 129 cm³/mol. The molecule has 1 atom stereocenters. The lowest BCUT2D eigenvalue weighted by atomic mass is 9.99. The van der Waals surface area contributed by atoms with E-state index in [1.165, 1.54) is 47.9 Å². The minimum absolute atomic E-state index is 0. The van der Waals surface area contributed by atoms with Gasteiger partial charge in [0.2, 0.25) is 0 Å². The zero-order valence-electron chi connectivity index (χ0n) is 17.8.